The number of aryl methyl sites for hydroxylation is 2. The Hall–Kier alpha value is -3.69. The van der Waals surface area contributed by atoms with Crippen molar-refractivity contribution in [3.05, 3.63) is 71.5 Å². The molecule has 1 saturated heterocycles. The predicted molar refractivity (Wildman–Crippen MR) is 141 cm³/mol. The minimum atomic E-state index is -1.16. The first kappa shape index (κ1) is 24.6. The lowest BCUT2D eigenvalue weighted by Crippen LogP contribution is -2.28. The Bertz CT molecular complexity index is 1630. The van der Waals surface area contributed by atoms with E-state index < -0.39 is 11.6 Å². The number of hydrogen-bond acceptors (Lipinski definition) is 7. The minimum Gasteiger partial charge on any atom is -0.384 e. The average molecular weight is 516 g/mol. The van der Waals surface area contributed by atoms with E-state index in [-0.39, 0.29) is 11.7 Å². The summed E-state index contributed by atoms with van der Waals surface area (Å²) in [4.78, 5) is 14.0. The lowest BCUT2D eigenvalue weighted by atomic mass is 9.88. The summed E-state index contributed by atoms with van der Waals surface area (Å²) in [6.45, 7) is 8.40. The van der Waals surface area contributed by atoms with Gasteiger partial charge in [-0.1, -0.05) is 5.16 Å². The van der Waals surface area contributed by atoms with E-state index in [1.54, 1.807) is 32.3 Å². The largest absolute Gasteiger partial charge is 0.384 e. The van der Waals surface area contributed by atoms with Gasteiger partial charge in [-0.3, -0.25) is 15.0 Å². The highest BCUT2D eigenvalue weighted by atomic mass is 19.1. The van der Waals surface area contributed by atoms with E-state index >= 15 is 4.39 Å². The molecular weight excluding hydrogens is 485 g/mol. The summed E-state index contributed by atoms with van der Waals surface area (Å²) in [7, 11) is 0. The lowest BCUT2D eigenvalue weighted by Gasteiger charge is -2.32. The molecule has 0 spiro atoms. The topological polar surface area (TPSA) is 99.1 Å². The molecule has 196 valence electrons. The summed E-state index contributed by atoms with van der Waals surface area (Å²) in [5.41, 5.74) is 4.65. The van der Waals surface area contributed by atoms with Gasteiger partial charge < -0.3 is 18.9 Å². The molecule has 0 radical (unpaired) electrons. The predicted octanol–water partition coefficient (Wildman–Crippen LogP) is 5.63. The van der Waals surface area contributed by atoms with Crippen LogP contribution in [0.5, 0.6) is 0 Å². The second kappa shape index (κ2) is 9.25. The minimum absolute atomic E-state index is 0.0772. The second-order valence-electron chi connectivity index (χ2n) is 10.6. The molecule has 5 aromatic heterocycles. The van der Waals surface area contributed by atoms with Gasteiger partial charge in [-0.05, 0) is 70.7 Å². The van der Waals surface area contributed by atoms with E-state index in [0.717, 1.165) is 51.6 Å². The Balaban J connectivity index is 1.71. The molecule has 1 atom stereocenters. The average Bonchev–Trinajstić information content (AvgIpc) is 3.41. The second-order valence-corrected chi connectivity index (χ2v) is 10.6. The van der Waals surface area contributed by atoms with Gasteiger partial charge in [0.25, 0.3) is 0 Å². The van der Waals surface area contributed by atoms with Crippen LogP contribution in [0.4, 0.5) is 4.39 Å². The maximum atomic E-state index is 15.5. The number of aromatic nitrogens is 5. The molecule has 0 bridgehead atoms. The molecule has 1 aliphatic heterocycles. The van der Waals surface area contributed by atoms with Crippen LogP contribution in [-0.4, -0.2) is 43.0 Å². The highest BCUT2D eigenvalue weighted by Crippen LogP contribution is 2.42. The normalized spacial score (nSPS) is 15.9. The highest BCUT2D eigenvalue weighted by Gasteiger charge is 2.33. The quantitative estimate of drug-likeness (QED) is 0.324. The van der Waals surface area contributed by atoms with Gasteiger partial charge in [0.2, 0.25) is 0 Å². The Morgan fingerprint density at radius 2 is 1.87 bits per heavy atom. The van der Waals surface area contributed by atoms with Crippen LogP contribution in [0.25, 0.3) is 33.1 Å². The fourth-order valence-electron chi connectivity index (χ4n) is 5.67. The van der Waals surface area contributed by atoms with Crippen LogP contribution in [0.3, 0.4) is 0 Å². The van der Waals surface area contributed by atoms with Crippen molar-refractivity contribution in [1.82, 2.24) is 24.7 Å². The van der Waals surface area contributed by atoms with Gasteiger partial charge in [-0.15, -0.1) is 0 Å². The molecule has 9 heteroatoms. The monoisotopic (exact) mass is 515 g/mol. The van der Waals surface area contributed by atoms with Gasteiger partial charge in [0.1, 0.15) is 17.2 Å². The number of rotatable bonds is 5. The zero-order chi connectivity index (χ0) is 26.6. The van der Waals surface area contributed by atoms with E-state index in [4.69, 9.17) is 14.2 Å². The number of ether oxygens (including phenoxy) is 1. The fraction of sp³-hybridized carbons (Fsp3) is 0.379. The van der Waals surface area contributed by atoms with Crippen LogP contribution in [0.1, 0.15) is 55.6 Å². The molecule has 5 aromatic rings. The van der Waals surface area contributed by atoms with Crippen LogP contribution in [0, 0.1) is 25.6 Å². The van der Waals surface area contributed by atoms with Crippen LogP contribution >= 0.6 is 0 Å². The molecule has 0 aromatic carbocycles. The van der Waals surface area contributed by atoms with E-state index in [1.165, 1.54) is 6.07 Å². The number of pyridine rings is 3. The van der Waals surface area contributed by atoms with E-state index in [9.17, 15) is 5.11 Å². The number of aliphatic hydroxyl groups is 1. The van der Waals surface area contributed by atoms with Crippen molar-refractivity contribution in [2.45, 2.75) is 52.2 Å². The summed E-state index contributed by atoms with van der Waals surface area (Å²) < 4.78 is 28.7. The molecule has 0 amide bonds. The maximum absolute atomic E-state index is 15.5. The highest BCUT2D eigenvalue weighted by molar-refractivity contribution is 6.06. The Kier molecular flexibility index (Phi) is 6.00. The summed E-state index contributed by atoms with van der Waals surface area (Å²) in [6, 6.07) is 6.60. The van der Waals surface area contributed by atoms with Crippen molar-refractivity contribution in [3.63, 3.8) is 0 Å². The number of halogens is 1. The third kappa shape index (κ3) is 4.06. The Labute approximate surface area is 219 Å². The fourth-order valence-corrected chi connectivity index (χ4v) is 5.67. The third-order valence-corrected chi connectivity index (χ3v) is 7.53. The van der Waals surface area contributed by atoms with E-state index in [1.807, 2.05) is 26.1 Å². The SMILES string of the molecule is Cc1noc(C)c1-c1cnc2c3cnc(C(C)(C)O)cc3n([C@@H](c3ncccc3F)C3CCOCC3)c2c1. The Morgan fingerprint density at radius 3 is 2.55 bits per heavy atom. The number of fused-ring (bicyclic) bond motifs is 3. The molecule has 0 aliphatic carbocycles. The van der Waals surface area contributed by atoms with Crippen molar-refractivity contribution in [1.29, 1.82) is 0 Å². The molecule has 6 rings (SSSR count). The van der Waals surface area contributed by atoms with Crippen molar-refractivity contribution in [2.24, 2.45) is 5.92 Å². The van der Waals surface area contributed by atoms with Gasteiger partial charge in [0, 0.05) is 48.3 Å². The van der Waals surface area contributed by atoms with E-state index in [2.05, 4.69) is 25.8 Å². The van der Waals surface area contributed by atoms with Crippen molar-refractivity contribution >= 4 is 21.9 Å². The molecule has 0 unspecified atom stereocenters. The van der Waals surface area contributed by atoms with E-state index in [0.29, 0.717) is 30.4 Å². The van der Waals surface area contributed by atoms with Gasteiger partial charge in [-0.2, -0.15) is 0 Å². The molecule has 1 fully saturated rings. The zero-order valence-corrected chi connectivity index (χ0v) is 21.9. The third-order valence-electron chi connectivity index (χ3n) is 7.53. The Morgan fingerprint density at radius 1 is 1.08 bits per heavy atom. The van der Waals surface area contributed by atoms with Crippen molar-refractivity contribution in [3.8, 4) is 11.1 Å². The molecule has 1 N–H and O–H groups in total. The smallest absolute Gasteiger partial charge is 0.146 e. The van der Waals surface area contributed by atoms with Gasteiger partial charge in [-0.25, -0.2) is 4.39 Å². The van der Waals surface area contributed by atoms with Crippen molar-refractivity contribution < 1.29 is 18.8 Å². The molecule has 1 aliphatic rings. The number of nitrogens with zero attached hydrogens (tertiary/aromatic N) is 5. The lowest BCUT2D eigenvalue weighted by molar-refractivity contribution is 0.0542. The van der Waals surface area contributed by atoms with Crippen LogP contribution in [-0.2, 0) is 10.3 Å². The summed E-state index contributed by atoms with van der Waals surface area (Å²) in [5, 5.41) is 15.7. The zero-order valence-electron chi connectivity index (χ0n) is 21.9. The number of hydrogen-bond donors (Lipinski definition) is 1. The van der Waals surface area contributed by atoms with Crippen LogP contribution < -0.4 is 0 Å². The van der Waals surface area contributed by atoms with Gasteiger partial charge in [0.05, 0.1) is 39.7 Å². The first-order valence-corrected chi connectivity index (χ1v) is 12.9. The first-order valence-electron chi connectivity index (χ1n) is 12.9. The molecule has 38 heavy (non-hydrogen) atoms. The van der Waals surface area contributed by atoms with Crippen LogP contribution in [0.2, 0.25) is 0 Å². The van der Waals surface area contributed by atoms with Gasteiger partial charge >= 0.3 is 0 Å². The summed E-state index contributed by atoms with van der Waals surface area (Å²) >= 11 is 0. The molecular formula is C29H30FN5O3. The first-order chi connectivity index (χ1) is 18.2. The molecule has 8 nitrogen and oxygen atoms in total. The standard InChI is InChI=1S/C29H30FN5O3/c1-16-25(17(2)38-34-16)19-12-23-26(33-14-19)20-15-32-24(29(3,4)36)13-22(20)35(23)28(18-7-10-37-11-8-18)27-21(30)6-5-9-31-27/h5-6,9,12-15,18,28,36H,7-8,10-11H2,1-4H3/t28-/m1/s1. The van der Waals surface area contributed by atoms with Gasteiger partial charge in [0.15, 0.2) is 0 Å². The summed E-state index contributed by atoms with van der Waals surface area (Å²) in [6.07, 6.45) is 6.73. The van der Waals surface area contributed by atoms with Crippen molar-refractivity contribution in [2.75, 3.05) is 13.2 Å². The summed E-state index contributed by atoms with van der Waals surface area (Å²) in [5.74, 6) is 0.424. The molecule has 6 heterocycles. The van der Waals surface area contributed by atoms with Crippen LogP contribution in [0.15, 0.2) is 47.4 Å². The molecule has 0 saturated carbocycles. The maximum Gasteiger partial charge on any atom is 0.146 e.